The van der Waals surface area contributed by atoms with Gasteiger partial charge in [0, 0.05) is 41.6 Å². The fourth-order valence-electron chi connectivity index (χ4n) is 3.38. The molecule has 0 aliphatic carbocycles. The summed E-state index contributed by atoms with van der Waals surface area (Å²) < 4.78 is 29.4. The summed E-state index contributed by atoms with van der Waals surface area (Å²) in [6, 6.07) is 2.72. The van der Waals surface area contributed by atoms with Crippen LogP contribution in [-0.4, -0.2) is 57.3 Å². The first-order valence-corrected chi connectivity index (χ1v) is 8.31. The molecule has 2 aromatic rings. The summed E-state index contributed by atoms with van der Waals surface area (Å²) in [4.78, 5) is 17.2. The Kier molecular flexibility index (Phi) is 5.06. The van der Waals surface area contributed by atoms with E-state index in [4.69, 9.17) is 15.5 Å². The van der Waals surface area contributed by atoms with Crippen LogP contribution in [0, 0.1) is 11.6 Å². The van der Waals surface area contributed by atoms with Crippen LogP contribution in [0.2, 0.25) is 0 Å². The number of hydrogen-bond donors (Lipinski definition) is 0. The summed E-state index contributed by atoms with van der Waals surface area (Å²) in [5.74, 6) is -0.926. The third-order valence-corrected chi connectivity index (χ3v) is 4.52. The minimum absolute atomic E-state index is 0.130. The van der Waals surface area contributed by atoms with Gasteiger partial charge in [0.15, 0.2) is 0 Å². The van der Waals surface area contributed by atoms with E-state index in [9.17, 15) is 8.78 Å². The Morgan fingerprint density at radius 1 is 0.815 bits per heavy atom. The van der Waals surface area contributed by atoms with Crippen molar-refractivity contribution in [2.45, 2.75) is 6.42 Å². The maximum absolute atomic E-state index is 14.8. The van der Waals surface area contributed by atoms with Crippen molar-refractivity contribution in [1.82, 2.24) is 0 Å². The molecule has 0 aromatic heterocycles. The van der Waals surface area contributed by atoms with E-state index in [1.807, 2.05) is 0 Å². The van der Waals surface area contributed by atoms with Crippen molar-refractivity contribution in [1.29, 1.82) is 0 Å². The summed E-state index contributed by atoms with van der Waals surface area (Å²) in [5, 5.41) is 2.05. The number of hydrogen-bond acceptors (Lipinski definition) is 4. The first-order valence-electron chi connectivity index (χ1n) is 8.31. The molecule has 2 aromatic carbocycles. The summed E-state index contributed by atoms with van der Waals surface area (Å²) in [5.41, 5.74) is 1.75. The van der Waals surface area contributed by atoms with Gasteiger partial charge in [-0.2, -0.15) is 0 Å². The van der Waals surface area contributed by atoms with Crippen LogP contribution in [0.25, 0.3) is 0 Å². The van der Waals surface area contributed by atoms with Crippen molar-refractivity contribution >= 4 is 54.9 Å². The molecule has 2 aliphatic rings. The highest BCUT2D eigenvalue weighted by Gasteiger charge is 2.18. The van der Waals surface area contributed by atoms with Crippen LogP contribution in [-0.2, 0) is 6.42 Å². The van der Waals surface area contributed by atoms with Crippen LogP contribution in [0.1, 0.15) is 11.1 Å². The number of rotatable bonds is 6. The van der Waals surface area contributed by atoms with Crippen LogP contribution in [0.4, 0.5) is 8.78 Å². The number of halogens is 2. The molecule has 0 bridgehead atoms. The Bertz CT molecular complexity index is 1170. The van der Waals surface area contributed by atoms with Gasteiger partial charge in [-0.15, -0.1) is 0 Å². The maximum atomic E-state index is 14.8. The van der Waals surface area contributed by atoms with Crippen LogP contribution in [0.3, 0.4) is 0 Å². The average molecular weight is 347 g/mol. The van der Waals surface area contributed by atoms with E-state index in [0.717, 1.165) is 0 Å². The molecular formula is C15H8B6F2N4. The molecule has 12 heteroatoms. The first-order chi connectivity index (χ1) is 13.1. The highest BCUT2D eigenvalue weighted by molar-refractivity contribution is 7.28. The summed E-state index contributed by atoms with van der Waals surface area (Å²) in [6.07, 6.45) is 0.130. The molecule has 0 unspecified atom stereocenters. The van der Waals surface area contributed by atoms with Crippen molar-refractivity contribution in [3.63, 3.8) is 0 Å². The summed E-state index contributed by atoms with van der Waals surface area (Å²) in [6.45, 7) is 0.432. The Morgan fingerprint density at radius 2 is 1.48 bits per heavy atom. The lowest BCUT2D eigenvalue weighted by atomic mass is 9.26. The zero-order valence-electron chi connectivity index (χ0n) is 14.3. The van der Waals surface area contributed by atoms with Crippen LogP contribution < -0.4 is 32.4 Å². The molecule has 4 rings (SSSR count). The molecule has 2 aliphatic heterocycles. The van der Waals surface area contributed by atoms with Gasteiger partial charge in [-0.1, -0.05) is 5.46 Å². The maximum Gasteiger partial charge on any atom is 0.130 e. The normalized spacial score (nSPS) is 13.4. The van der Waals surface area contributed by atoms with Gasteiger partial charge in [0.1, 0.15) is 32.1 Å². The highest BCUT2D eigenvalue weighted by atomic mass is 19.1. The third kappa shape index (κ3) is 3.19. The lowest BCUT2D eigenvalue weighted by Crippen LogP contribution is -2.48. The Hall–Kier alpha value is -2.11. The smallest absolute Gasteiger partial charge is 0.130 e. The van der Waals surface area contributed by atoms with Gasteiger partial charge < -0.3 is 0 Å². The molecular weight excluding hydrogens is 339 g/mol. The van der Waals surface area contributed by atoms with E-state index >= 15 is 0 Å². The van der Waals surface area contributed by atoms with Gasteiger partial charge in [-0.3, -0.25) is 20.0 Å². The quantitative estimate of drug-likeness (QED) is 0.479. The summed E-state index contributed by atoms with van der Waals surface area (Å²) >= 11 is 0. The van der Waals surface area contributed by atoms with Crippen molar-refractivity contribution in [2.75, 3.05) is 13.3 Å². The molecule has 120 valence electrons. The van der Waals surface area contributed by atoms with Gasteiger partial charge in [-0.05, 0) is 23.2 Å². The molecule has 0 amide bonds. The second kappa shape index (κ2) is 7.49. The van der Waals surface area contributed by atoms with E-state index < -0.39 is 11.6 Å². The van der Waals surface area contributed by atoms with Crippen molar-refractivity contribution < 1.29 is 8.78 Å². The molecule has 0 N–H and O–H groups in total. The van der Waals surface area contributed by atoms with Gasteiger partial charge in [0.25, 0.3) is 0 Å². The van der Waals surface area contributed by atoms with Crippen molar-refractivity contribution in [2.24, 2.45) is 20.0 Å². The minimum atomic E-state index is -0.479. The van der Waals surface area contributed by atoms with Crippen LogP contribution >= 0.6 is 0 Å². The fourth-order valence-corrected chi connectivity index (χ4v) is 3.38. The van der Waals surface area contributed by atoms with Gasteiger partial charge in [-0.25, -0.2) is 8.78 Å². The van der Waals surface area contributed by atoms with Crippen LogP contribution in [0.5, 0.6) is 0 Å². The predicted molar refractivity (Wildman–Crippen MR) is 104 cm³/mol. The van der Waals surface area contributed by atoms with E-state index in [2.05, 4.69) is 20.0 Å². The molecule has 0 fully saturated rings. The van der Waals surface area contributed by atoms with E-state index in [-0.39, 0.29) is 25.2 Å². The monoisotopic (exact) mass is 348 g/mol. The molecule has 4 nitrogen and oxygen atoms in total. The largest absolute Gasteiger partial charge is 0.260 e. The van der Waals surface area contributed by atoms with Crippen molar-refractivity contribution in [3.05, 3.63) is 56.3 Å². The molecule has 0 saturated heterocycles. The summed E-state index contributed by atoms with van der Waals surface area (Å²) in [7, 11) is 16.4. The van der Waals surface area contributed by atoms with E-state index in [0.29, 0.717) is 38.0 Å². The number of fused-ring (bicyclic) bond motifs is 2. The SMILES string of the molecule is [B][B][B]c1cc(F)c(Cc2cc(F)c([B][B][B])c3c2=NCN=3)c2c1=NCN=2. The van der Waals surface area contributed by atoms with Gasteiger partial charge in [0.2, 0.25) is 0 Å². The van der Waals surface area contributed by atoms with Crippen LogP contribution in [0.15, 0.2) is 32.1 Å². The topological polar surface area (TPSA) is 49.4 Å². The highest BCUT2D eigenvalue weighted by Crippen LogP contribution is 2.07. The van der Waals surface area contributed by atoms with Crippen molar-refractivity contribution in [3.8, 4) is 0 Å². The second-order valence-electron chi connectivity index (χ2n) is 6.06. The minimum Gasteiger partial charge on any atom is -0.260 e. The Morgan fingerprint density at radius 3 is 2.22 bits per heavy atom. The standard InChI is InChI=1S/C15H8B6F2N4/c16-20-18-8-3-9(22)7(13-14(8)26-5-25-13)1-6-2-10(23)11(19-21-17)15-12(6)24-4-27-15/h2-3H,1,4-5H2. The molecule has 27 heavy (non-hydrogen) atoms. The predicted octanol–water partition coefficient (Wildman–Crippen LogP) is -3.96. The zero-order valence-corrected chi connectivity index (χ0v) is 14.3. The molecule has 0 spiro atoms. The third-order valence-electron chi connectivity index (χ3n) is 4.52. The molecule has 2 heterocycles. The Labute approximate surface area is 160 Å². The van der Waals surface area contributed by atoms with E-state index in [1.54, 1.807) is 7.17 Å². The first kappa shape index (κ1) is 18.3. The zero-order chi connectivity index (χ0) is 19.0. The molecule has 0 atom stereocenters. The lowest BCUT2D eigenvalue weighted by molar-refractivity contribution is 0.609. The molecule has 8 radical (unpaired) electrons. The number of benzene rings is 2. The second-order valence-corrected chi connectivity index (χ2v) is 6.06. The fraction of sp³-hybridized carbons (Fsp3) is 0.200. The van der Waals surface area contributed by atoms with Gasteiger partial charge in [0.05, 0.1) is 28.6 Å². The lowest BCUT2D eigenvalue weighted by Gasteiger charge is -2.09. The molecule has 0 saturated carbocycles. The number of nitrogens with zero attached hydrogens (tertiary/aromatic N) is 4. The Balaban J connectivity index is 1.86. The average Bonchev–Trinajstić information content (AvgIpc) is 3.31. The van der Waals surface area contributed by atoms with E-state index in [1.165, 1.54) is 33.4 Å². The van der Waals surface area contributed by atoms with Gasteiger partial charge >= 0.3 is 0 Å².